The number of benzene rings is 3. The second kappa shape index (κ2) is 11.1. The van der Waals surface area contributed by atoms with Gasteiger partial charge in [0, 0.05) is 42.6 Å². The molecule has 0 saturated carbocycles. The van der Waals surface area contributed by atoms with Crippen LogP contribution in [0.25, 0.3) is 0 Å². The zero-order chi connectivity index (χ0) is 25.9. The van der Waals surface area contributed by atoms with Crippen molar-refractivity contribution < 1.29 is 9.59 Å². The number of rotatable bonds is 7. The molecule has 5 rings (SSSR count). The number of halogens is 1. The van der Waals surface area contributed by atoms with Crippen LogP contribution in [-0.4, -0.2) is 47.8 Å². The van der Waals surface area contributed by atoms with Crippen molar-refractivity contribution in [2.45, 2.75) is 31.2 Å². The minimum Gasteiger partial charge on any atom is -0.363 e. The van der Waals surface area contributed by atoms with E-state index in [4.69, 9.17) is 11.6 Å². The standard InChI is InChI=1S/C30H30ClN3O2S/c1-21(2)23-8-12-25(13-9-23)34-29(35)27(28(30(34)36)37-26-14-10-24(31)11-15-26)33-18-16-32(17-19-33)20-22-6-4-3-5-7-22/h3-15,21H,16-20H2,1-2H3. The lowest BCUT2D eigenvalue weighted by Gasteiger charge is -2.36. The molecule has 3 aromatic rings. The summed E-state index contributed by atoms with van der Waals surface area (Å²) < 4.78 is 0. The Morgan fingerprint density at radius 2 is 1.46 bits per heavy atom. The van der Waals surface area contributed by atoms with Gasteiger partial charge in [0.25, 0.3) is 11.8 Å². The van der Waals surface area contributed by atoms with E-state index in [0.29, 0.717) is 40.3 Å². The van der Waals surface area contributed by atoms with E-state index in [2.05, 4.69) is 47.9 Å². The van der Waals surface area contributed by atoms with Crippen LogP contribution < -0.4 is 4.90 Å². The highest BCUT2D eigenvalue weighted by atomic mass is 35.5. The highest BCUT2D eigenvalue weighted by molar-refractivity contribution is 8.04. The van der Waals surface area contributed by atoms with Crippen molar-refractivity contribution in [1.29, 1.82) is 0 Å². The highest BCUT2D eigenvalue weighted by Gasteiger charge is 2.43. The third kappa shape index (κ3) is 5.61. The van der Waals surface area contributed by atoms with E-state index in [9.17, 15) is 9.59 Å². The number of nitrogens with zero attached hydrogens (tertiary/aromatic N) is 3. The molecule has 0 spiro atoms. The molecule has 3 aromatic carbocycles. The van der Waals surface area contributed by atoms with E-state index in [1.54, 1.807) is 12.1 Å². The maximum Gasteiger partial charge on any atom is 0.283 e. The number of piperazine rings is 1. The smallest absolute Gasteiger partial charge is 0.283 e. The summed E-state index contributed by atoms with van der Waals surface area (Å²) in [4.78, 5) is 34.7. The van der Waals surface area contributed by atoms with Crippen LogP contribution in [0.4, 0.5) is 5.69 Å². The molecule has 0 aliphatic carbocycles. The van der Waals surface area contributed by atoms with Crippen LogP contribution in [0.2, 0.25) is 5.02 Å². The normalized spacial score (nSPS) is 16.9. The summed E-state index contributed by atoms with van der Waals surface area (Å²) in [6, 6.07) is 25.5. The van der Waals surface area contributed by atoms with Crippen molar-refractivity contribution in [1.82, 2.24) is 9.80 Å². The van der Waals surface area contributed by atoms with Gasteiger partial charge in [0.1, 0.15) is 10.6 Å². The summed E-state index contributed by atoms with van der Waals surface area (Å²) in [5, 5.41) is 0.633. The second-order valence-corrected chi connectivity index (χ2v) is 11.2. The Kier molecular flexibility index (Phi) is 7.70. The molecule has 0 N–H and O–H groups in total. The van der Waals surface area contributed by atoms with Gasteiger partial charge in [-0.15, -0.1) is 0 Å². The van der Waals surface area contributed by atoms with Gasteiger partial charge in [-0.05, 0) is 53.4 Å². The van der Waals surface area contributed by atoms with Crippen LogP contribution in [0.5, 0.6) is 0 Å². The van der Waals surface area contributed by atoms with Crippen molar-refractivity contribution in [3.05, 3.63) is 106 Å². The van der Waals surface area contributed by atoms with Gasteiger partial charge < -0.3 is 4.90 Å². The lowest BCUT2D eigenvalue weighted by atomic mass is 10.0. The summed E-state index contributed by atoms with van der Waals surface area (Å²) in [5.74, 6) is -0.157. The Hall–Kier alpha value is -3.06. The molecule has 5 nitrogen and oxygen atoms in total. The molecule has 190 valence electrons. The largest absolute Gasteiger partial charge is 0.363 e. The molecule has 0 atom stereocenters. The van der Waals surface area contributed by atoms with E-state index in [-0.39, 0.29) is 11.8 Å². The monoisotopic (exact) mass is 531 g/mol. The van der Waals surface area contributed by atoms with Crippen LogP contribution in [0.15, 0.2) is 94.4 Å². The molecular weight excluding hydrogens is 502 g/mol. The average Bonchev–Trinajstić information content (AvgIpc) is 3.15. The van der Waals surface area contributed by atoms with E-state index >= 15 is 0 Å². The van der Waals surface area contributed by atoms with Crippen LogP contribution in [0.1, 0.15) is 30.9 Å². The molecule has 2 heterocycles. The predicted molar refractivity (Wildman–Crippen MR) is 151 cm³/mol. The lowest BCUT2D eigenvalue weighted by Crippen LogP contribution is -2.47. The molecule has 2 amide bonds. The molecular formula is C30H30ClN3O2S. The fraction of sp³-hybridized carbons (Fsp3) is 0.267. The summed E-state index contributed by atoms with van der Waals surface area (Å²) in [6.45, 7) is 8.14. The Balaban J connectivity index is 1.40. The molecule has 0 bridgehead atoms. The van der Waals surface area contributed by atoms with Crippen molar-refractivity contribution in [2.24, 2.45) is 0 Å². The number of thioether (sulfide) groups is 1. The van der Waals surface area contributed by atoms with Gasteiger partial charge in [0.15, 0.2) is 0 Å². The van der Waals surface area contributed by atoms with E-state index < -0.39 is 0 Å². The number of hydrogen-bond acceptors (Lipinski definition) is 5. The molecule has 37 heavy (non-hydrogen) atoms. The molecule has 2 aliphatic heterocycles. The summed E-state index contributed by atoms with van der Waals surface area (Å²) in [7, 11) is 0. The van der Waals surface area contributed by atoms with Gasteiger partial charge in [-0.2, -0.15) is 0 Å². The summed E-state index contributed by atoms with van der Waals surface area (Å²) in [6.07, 6.45) is 0. The molecule has 2 aliphatic rings. The maximum atomic E-state index is 13.8. The van der Waals surface area contributed by atoms with Crippen LogP contribution in [-0.2, 0) is 16.1 Å². The Morgan fingerprint density at radius 1 is 0.811 bits per heavy atom. The van der Waals surface area contributed by atoms with E-state index in [1.165, 1.54) is 27.8 Å². The third-order valence-corrected chi connectivity index (χ3v) is 8.14. The molecule has 1 saturated heterocycles. The first-order chi connectivity index (χ1) is 17.9. The summed E-state index contributed by atoms with van der Waals surface area (Å²) in [5.41, 5.74) is 3.54. The lowest BCUT2D eigenvalue weighted by molar-refractivity contribution is -0.121. The molecule has 7 heteroatoms. The maximum absolute atomic E-state index is 13.8. The number of anilines is 1. The van der Waals surface area contributed by atoms with Crippen molar-refractivity contribution in [3.8, 4) is 0 Å². The van der Waals surface area contributed by atoms with Gasteiger partial charge in [-0.25, -0.2) is 4.90 Å². The molecule has 0 aromatic heterocycles. The number of carbonyl (C=O) groups excluding carboxylic acids is 2. The highest BCUT2D eigenvalue weighted by Crippen LogP contribution is 2.39. The quantitative estimate of drug-likeness (QED) is 0.342. The zero-order valence-corrected chi connectivity index (χ0v) is 22.6. The molecule has 1 fully saturated rings. The molecule has 0 radical (unpaired) electrons. The number of carbonyl (C=O) groups is 2. The average molecular weight is 532 g/mol. The second-order valence-electron chi connectivity index (χ2n) is 9.67. The summed E-state index contributed by atoms with van der Waals surface area (Å²) >= 11 is 7.41. The molecule has 0 unspecified atom stereocenters. The predicted octanol–water partition coefficient (Wildman–Crippen LogP) is 6.16. The first-order valence-electron chi connectivity index (χ1n) is 12.6. The number of hydrogen-bond donors (Lipinski definition) is 0. The van der Waals surface area contributed by atoms with Gasteiger partial charge in [0.05, 0.1) is 5.69 Å². The van der Waals surface area contributed by atoms with E-state index in [1.807, 2.05) is 42.5 Å². The van der Waals surface area contributed by atoms with Crippen molar-refractivity contribution >= 4 is 40.9 Å². The van der Waals surface area contributed by atoms with Gasteiger partial charge in [-0.1, -0.05) is 79.7 Å². The van der Waals surface area contributed by atoms with Crippen LogP contribution in [0, 0.1) is 0 Å². The Bertz CT molecular complexity index is 1300. The van der Waals surface area contributed by atoms with Gasteiger partial charge in [0.2, 0.25) is 0 Å². The Morgan fingerprint density at radius 3 is 2.08 bits per heavy atom. The first-order valence-corrected chi connectivity index (χ1v) is 13.8. The fourth-order valence-corrected chi connectivity index (χ4v) is 5.83. The fourth-order valence-electron chi connectivity index (χ4n) is 4.70. The van der Waals surface area contributed by atoms with Crippen LogP contribution >= 0.6 is 23.4 Å². The number of amides is 2. The van der Waals surface area contributed by atoms with Gasteiger partial charge >= 0.3 is 0 Å². The Labute approximate surface area is 227 Å². The van der Waals surface area contributed by atoms with E-state index in [0.717, 1.165) is 24.5 Å². The first kappa shape index (κ1) is 25.6. The topological polar surface area (TPSA) is 43.9 Å². The zero-order valence-electron chi connectivity index (χ0n) is 21.1. The minimum atomic E-state index is -0.274. The van der Waals surface area contributed by atoms with Gasteiger partial charge in [-0.3, -0.25) is 14.5 Å². The van der Waals surface area contributed by atoms with Crippen molar-refractivity contribution in [3.63, 3.8) is 0 Å². The minimum absolute atomic E-state index is 0.254. The van der Waals surface area contributed by atoms with Crippen LogP contribution in [0.3, 0.4) is 0 Å². The van der Waals surface area contributed by atoms with Crippen molar-refractivity contribution in [2.75, 3.05) is 31.1 Å². The SMILES string of the molecule is CC(C)c1ccc(N2C(=O)C(Sc3ccc(Cl)cc3)=C(N3CCN(Cc4ccccc4)CC3)C2=O)cc1. The third-order valence-electron chi connectivity index (χ3n) is 6.81. The number of imide groups is 1.